The van der Waals surface area contributed by atoms with Crippen LogP contribution in [0.15, 0.2) is 0 Å². The molecule has 0 fully saturated rings. The lowest BCUT2D eigenvalue weighted by Crippen LogP contribution is -1.69. The van der Waals surface area contributed by atoms with Gasteiger partial charge in [0.1, 0.15) is 0 Å². The van der Waals surface area contributed by atoms with Crippen LogP contribution in [0.2, 0.25) is 0 Å². The molecule has 0 aliphatic carbocycles. The predicted molar refractivity (Wildman–Crippen MR) is 33.0 cm³/mol. The van der Waals surface area contributed by atoms with Gasteiger partial charge in [-0.2, -0.15) is 12.6 Å². The van der Waals surface area contributed by atoms with Crippen molar-refractivity contribution in [3.63, 3.8) is 0 Å². The van der Waals surface area contributed by atoms with E-state index in [0.717, 1.165) is 14.3 Å². The molecular formula is C3H9PS. The summed E-state index contributed by atoms with van der Waals surface area (Å²) in [6.45, 7) is 2.19. The Morgan fingerprint density at radius 2 is 2.40 bits per heavy atom. The van der Waals surface area contributed by atoms with Gasteiger partial charge in [-0.25, -0.2) is 0 Å². The number of thiol groups is 1. The zero-order valence-corrected chi connectivity index (χ0v) is 5.26. The summed E-state index contributed by atoms with van der Waals surface area (Å²) in [4.78, 5) is 0. The minimum Gasteiger partial charge on any atom is -0.179 e. The second-order valence-electron chi connectivity index (χ2n) is 0.827. The standard InChI is InChI=1S/C3H9PS/c1-4-2-3-5/h4-5H,2-3H2,1H3. The minimum absolute atomic E-state index is 1.05. The Kier molecular flexibility index (Phi) is 5.53. The molecule has 0 bridgehead atoms. The molecule has 0 aromatic heterocycles. The van der Waals surface area contributed by atoms with Crippen molar-refractivity contribution in [1.29, 1.82) is 0 Å². The van der Waals surface area contributed by atoms with E-state index in [1.807, 2.05) is 0 Å². The molecule has 0 aliphatic heterocycles. The molecular weight excluding hydrogens is 99.1 g/mol. The lowest BCUT2D eigenvalue weighted by molar-refractivity contribution is 1.56. The van der Waals surface area contributed by atoms with Crippen LogP contribution >= 0.6 is 21.2 Å². The smallest absolute Gasteiger partial charge is 0.00610 e. The van der Waals surface area contributed by atoms with Crippen molar-refractivity contribution in [1.82, 2.24) is 0 Å². The van der Waals surface area contributed by atoms with Crippen LogP contribution in [-0.2, 0) is 0 Å². The van der Waals surface area contributed by atoms with Crippen LogP contribution < -0.4 is 0 Å². The molecule has 0 aromatic rings. The molecule has 0 amide bonds. The fourth-order valence-electron chi connectivity index (χ4n) is 0.112. The molecule has 0 aliphatic rings. The van der Waals surface area contributed by atoms with Gasteiger partial charge in [-0.3, -0.25) is 0 Å². The summed E-state index contributed by atoms with van der Waals surface area (Å²) < 4.78 is 0. The van der Waals surface area contributed by atoms with Crippen molar-refractivity contribution in [3.8, 4) is 0 Å². The average molecular weight is 108 g/mol. The first-order chi connectivity index (χ1) is 2.41. The van der Waals surface area contributed by atoms with E-state index in [2.05, 4.69) is 19.3 Å². The van der Waals surface area contributed by atoms with Crippen molar-refractivity contribution in [2.45, 2.75) is 0 Å². The van der Waals surface area contributed by atoms with E-state index in [-0.39, 0.29) is 0 Å². The van der Waals surface area contributed by atoms with E-state index in [4.69, 9.17) is 0 Å². The molecule has 5 heavy (non-hydrogen) atoms. The third-order valence-electron chi connectivity index (χ3n) is 0.362. The average Bonchev–Trinajstić information content (AvgIpc) is 1.41. The zero-order chi connectivity index (χ0) is 4.12. The molecule has 0 saturated carbocycles. The molecule has 0 aromatic carbocycles. The normalized spacial score (nSPS) is 10.8. The molecule has 0 spiro atoms. The van der Waals surface area contributed by atoms with E-state index in [1.165, 1.54) is 6.16 Å². The van der Waals surface area contributed by atoms with Crippen LogP contribution in [0.3, 0.4) is 0 Å². The van der Waals surface area contributed by atoms with Crippen molar-refractivity contribution >= 4 is 21.2 Å². The molecule has 1 unspecified atom stereocenters. The second kappa shape index (κ2) is 4.78. The summed E-state index contributed by atoms with van der Waals surface area (Å²) in [6.07, 6.45) is 1.28. The maximum absolute atomic E-state index is 4.01. The van der Waals surface area contributed by atoms with Gasteiger partial charge in [0, 0.05) is 0 Å². The van der Waals surface area contributed by atoms with E-state index >= 15 is 0 Å². The first kappa shape index (κ1) is 5.78. The van der Waals surface area contributed by atoms with Crippen LogP contribution in [0.25, 0.3) is 0 Å². The van der Waals surface area contributed by atoms with Crippen molar-refractivity contribution in [2.75, 3.05) is 18.6 Å². The SMILES string of the molecule is CPCCS. The molecule has 0 N–H and O–H groups in total. The van der Waals surface area contributed by atoms with E-state index < -0.39 is 0 Å². The molecule has 0 saturated heterocycles. The van der Waals surface area contributed by atoms with Gasteiger partial charge in [-0.15, -0.1) is 8.58 Å². The summed E-state index contributed by atoms with van der Waals surface area (Å²) in [6, 6.07) is 0. The largest absolute Gasteiger partial charge is 0.179 e. The zero-order valence-electron chi connectivity index (χ0n) is 3.36. The third-order valence-corrected chi connectivity index (χ3v) is 1.76. The minimum atomic E-state index is 1.05. The lowest BCUT2D eigenvalue weighted by Gasteiger charge is -1.79. The van der Waals surface area contributed by atoms with E-state index in [1.54, 1.807) is 0 Å². The number of rotatable bonds is 2. The summed E-state index contributed by atoms with van der Waals surface area (Å²) >= 11 is 4.01. The van der Waals surface area contributed by atoms with Crippen LogP contribution in [0.1, 0.15) is 0 Å². The lowest BCUT2D eigenvalue weighted by atomic mass is 11.0. The Labute approximate surface area is 40.5 Å². The monoisotopic (exact) mass is 108 g/mol. The molecule has 0 heterocycles. The van der Waals surface area contributed by atoms with Gasteiger partial charge in [0.15, 0.2) is 0 Å². The molecule has 0 nitrogen and oxygen atoms in total. The fraction of sp³-hybridized carbons (Fsp3) is 1.00. The highest BCUT2D eigenvalue weighted by Gasteiger charge is 1.68. The maximum Gasteiger partial charge on any atom is -0.00610 e. The van der Waals surface area contributed by atoms with E-state index in [0.29, 0.717) is 0 Å². The molecule has 2 heteroatoms. The molecule has 1 atom stereocenters. The van der Waals surface area contributed by atoms with Gasteiger partial charge in [-0.05, 0) is 18.6 Å². The maximum atomic E-state index is 4.01. The van der Waals surface area contributed by atoms with Gasteiger partial charge >= 0.3 is 0 Å². The van der Waals surface area contributed by atoms with Crippen LogP contribution in [0.4, 0.5) is 0 Å². The summed E-state index contributed by atoms with van der Waals surface area (Å²) in [7, 11) is 1.08. The van der Waals surface area contributed by atoms with Gasteiger partial charge in [0.25, 0.3) is 0 Å². The Hall–Kier alpha value is 0.780. The Bertz CT molecular complexity index is 14.4. The van der Waals surface area contributed by atoms with Gasteiger partial charge in [0.05, 0.1) is 0 Å². The van der Waals surface area contributed by atoms with Crippen LogP contribution in [-0.4, -0.2) is 18.6 Å². The summed E-state index contributed by atoms with van der Waals surface area (Å²) in [5.41, 5.74) is 0. The van der Waals surface area contributed by atoms with Crippen molar-refractivity contribution in [2.24, 2.45) is 0 Å². The fourth-order valence-corrected chi connectivity index (χ4v) is 1.01. The highest BCUT2D eigenvalue weighted by Crippen LogP contribution is 1.99. The highest BCUT2D eigenvalue weighted by atomic mass is 32.1. The summed E-state index contributed by atoms with van der Waals surface area (Å²) in [5.74, 6) is 1.05. The van der Waals surface area contributed by atoms with Gasteiger partial charge < -0.3 is 0 Å². The quantitative estimate of drug-likeness (QED) is 0.399. The van der Waals surface area contributed by atoms with Gasteiger partial charge in [-0.1, -0.05) is 0 Å². The summed E-state index contributed by atoms with van der Waals surface area (Å²) in [5, 5.41) is 0. The second-order valence-corrected chi connectivity index (χ2v) is 2.48. The Morgan fingerprint density at radius 3 is 2.40 bits per heavy atom. The van der Waals surface area contributed by atoms with Crippen molar-refractivity contribution in [3.05, 3.63) is 0 Å². The molecule has 0 rings (SSSR count). The Morgan fingerprint density at radius 1 is 1.80 bits per heavy atom. The van der Waals surface area contributed by atoms with Gasteiger partial charge in [0.2, 0.25) is 0 Å². The van der Waals surface area contributed by atoms with Crippen LogP contribution in [0.5, 0.6) is 0 Å². The first-order valence-electron chi connectivity index (χ1n) is 1.67. The highest BCUT2D eigenvalue weighted by molar-refractivity contribution is 7.80. The Balaban J connectivity index is 2.19. The van der Waals surface area contributed by atoms with E-state index in [9.17, 15) is 0 Å². The molecule has 32 valence electrons. The first-order valence-corrected chi connectivity index (χ1v) is 4.01. The number of hydrogen-bond donors (Lipinski definition) is 1. The number of hydrogen-bond acceptors (Lipinski definition) is 1. The molecule has 0 radical (unpaired) electrons. The van der Waals surface area contributed by atoms with Crippen LogP contribution in [0, 0.1) is 0 Å². The third kappa shape index (κ3) is 4.78. The topological polar surface area (TPSA) is 0 Å². The predicted octanol–water partition coefficient (Wildman–Crippen LogP) is 1.22. The van der Waals surface area contributed by atoms with Crippen molar-refractivity contribution < 1.29 is 0 Å².